The maximum absolute atomic E-state index is 9.33. The van der Waals surface area contributed by atoms with Crippen LogP contribution in [0.4, 0.5) is 0 Å². The van der Waals surface area contributed by atoms with Crippen LogP contribution in [0.3, 0.4) is 0 Å². The summed E-state index contributed by atoms with van der Waals surface area (Å²) in [7, 11) is 0. The molecular formula is C10H20O2. The maximum atomic E-state index is 9.33. The van der Waals surface area contributed by atoms with E-state index in [1.165, 1.54) is 0 Å². The molecule has 0 bridgehead atoms. The lowest BCUT2D eigenvalue weighted by Gasteiger charge is -2.11. The lowest BCUT2D eigenvalue weighted by Crippen LogP contribution is -2.14. The Balaban J connectivity index is 3.19. The van der Waals surface area contributed by atoms with Crippen LogP contribution in [-0.2, 0) is 0 Å². The Morgan fingerprint density at radius 2 is 2.00 bits per heavy atom. The second kappa shape index (κ2) is 7.32. The molecule has 0 aliphatic heterocycles. The van der Waals surface area contributed by atoms with Crippen LogP contribution < -0.4 is 0 Å². The Kier molecular flexibility index (Phi) is 7.11. The van der Waals surface area contributed by atoms with E-state index in [-0.39, 0.29) is 12.2 Å². The van der Waals surface area contributed by atoms with Crippen LogP contribution in [0.1, 0.15) is 39.0 Å². The van der Waals surface area contributed by atoms with Crippen LogP contribution in [0, 0.1) is 0 Å². The Hall–Kier alpha value is -0.340. The molecule has 2 heteroatoms. The monoisotopic (exact) mass is 172 g/mol. The van der Waals surface area contributed by atoms with E-state index in [0.29, 0.717) is 6.42 Å². The van der Waals surface area contributed by atoms with Crippen LogP contribution in [0.15, 0.2) is 12.7 Å². The summed E-state index contributed by atoms with van der Waals surface area (Å²) in [5.74, 6) is 0. The topological polar surface area (TPSA) is 40.5 Å². The summed E-state index contributed by atoms with van der Waals surface area (Å²) < 4.78 is 0. The van der Waals surface area contributed by atoms with E-state index >= 15 is 0 Å². The fourth-order valence-electron chi connectivity index (χ4n) is 1.18. The third-order valence-corrected chi connectivity index (χ3v) is 1.81. The van der Waals surface area contributed by atoms with Gasteiger partial charge in [-0.3, -0.25) is 0 Å². The number of hydrogen-bond donors (Lipinski definition) is 2. The Bertz CT molecular complexity index is 110. The van der Waals surface area contributed by atoms with Crippen molar-refractivity contribution >= 4 is 0 Å². The van der Waals surface area contributed by atoms with Gasteiger partial charge in [0.2, 0.25) is 0 Å². The minimum Gasteiger partial charge on any atom is -0.393 e. The highest BCUT2D eigenvalue weighted by Gasteiger charge is 2.06. The molecule has 0 heterocycles. The highest BCUT2D eigenvalue weighted by molar-refractivity contribution is 4.67. The number of aliphatic hydroxyl groups is 2. The lowest BCUT2D eigenvalue weighted by atomic mass is 10.1. The summed E-state index contributed by atoms with van der Waals surface area (Å²) in [5.41, 5.74) is 0. The average molecular weight is 172 g/mol. The lowest BCUT2D eigenvalue weighted by molar-refractivity contribution is 0.0836. The largest absolute Gasteiger partial charge is 0.393 e. The summed E-state index contributed by atoms with van der Waals surface area (Å²) in [6.45, 7) is 5.32. The van der Waals surface area contributed by atoms with Gasteiger partial charge in [-0.25, -0.2) is 0 Å². The smallest absolute Gasteiger partial charge is 0.0564 e. The van der Waals surface area contributed by atoms with E-state index in [1.54, 1.807) is 6.92 Å². The van der Waals surface area contributed by atoms with Gasteiger partial charge in [-0.2, -0.15) is 0 Å². The second-order valence-electron chi connectivity index (χ2n) is 3.31. The molecule has 0 saturated heterocycles. The normalized spacial score (nSPS) is 15.6. The summed E-state index contributed by atoms with van der Waals surface area (Å²) in [6.07, 6.45) is 5.56. The zero-order valence-corrected chi connectivity index (χ0v) is 7.87. The van der Waals surface area contributed by atoms with Gasteiger partial charge < -0.3 is 10.2 Å². The molecule has 2 unspecified atom stereocenters. The number of unbranched alkanes of at least 4 members (excludes halogenated alkanes) is 2. The fourth-order valence-corrected chi connectivity index (χ4v) is 1.18. The van der Waals surface area contributed by atoms with Crippen molar-refractivity contribution in [3.05, 3.63) is 12.7 Å². The molecule has 0 aliphatic rings. The van der Waals surface area contributed by atoms with E-state index in [1.807, 2.05) is 6.08 Å². The molecule has 2 atom stereocenters. The van der Waals surface area contributed by atoms with Gasteiger partial charge in [0.15, 0.2) is 0 Å². The van der Waals surface area contributed by atoms with Crippen molar-refractivity contribution in [1.29, 1.82) is 0 Å². The van der Waals surface area contributed by atoms with Gasteiger partial charge in [-0.15, -0.1) is 6.58 Å². The summed E-state index contributed by atoms with van der Waals surface area (Å²) in [4.78, 5) is 0. The van der Waals surface area contributed by atoms with Crippen LogP contribution in [-0.4, -0.2) is 22.4 Å². The van der Waals surface area contributed by atoms with Crippen LogP contribution >= 0.6 is 0 Å². The fraction of sp³-hybridized carbons (Fsp3) is 0.800. The quantitative estimate of drug-likeness (QED) is 0.454. The number of allylic oxidation sites excluding steroid dienone is 1. The van der Waals surface area contributed by atoms with E-state index < -0.39 is 0 Å². The molecule has 0 aromatic rings. The van der Waals surface area contributed by atoms with Crippen molar-refractivity contribution in [1.82, 2.24) is 0 Å². The van der Waals surface area contributed by atoms with Gasteiger partial charge >= 0.3 is 0 Å². The zero-order valence-electron chi connectivity index (χ0n) is 7.87. The molecule has 72 valence electrons. The number of aliphatic hydroxyl groups excluding tert-OH is 2. The third-order valence-electron chi connectivity index (χ3n) is 1.81. The molecule has 2 nitrogen and oxygen atoms in total. The molecule has 2 N–H and O–H groups in total. The molecule has 0 saturated carbocycles. The van der Waals surface area contributed by atoms with Crippen molar-refractivity contribution in [2.75, 3.05) is 0 Å². The van der Waals surface area contributed by atoms with Crippen LogP contribution in [0.5, 0.6) is 0 Å². The minimum atomic E-state index is -0.389. The van der Waals surface area contributed by atoms with Gasteiger partial charge in [0.05, 0.1) is 12.2 Å². The maximum Gasteiger partial charge on any atom is 0.0564 e. The van der Waals surface area contributed by atoms with Gasteiger partial charge in [-0.1, -0.05) is 12.5 Å². The number of rotatable bonds is 7. The highest BCUT2D eigenvalue weighted by Crippen LogP contribution is 2.08. The van der Waals surface area contributed by atoms with E-state index in [9.17, 15) is 5.11 Å². The van der Waals surface area contributed by atoms with Gasteiger partial charge in [0.1, 0.15) is 0 Å². The first-order valence-electron chi connectivity index (χ1n) is 4.63. The minimum absolute atomic E-state index is 0.338. The Labute approximate surface area is 74.9 Å². The third kappa shape index (κ3) is 7.76. The van der Waals surface area contributed by atoms with Crippen molar-refractivity contribution in [2.24, 2.45) is 0 Å². The SMILES string of the molecule is C=CCCCCC(O)CC(C)O. The molecule has 0 rings (SSSR count). The Morgan fingerprint density at radius 3 is 2.50 bits per heavy atom. The summed E-state index contributed by atoms with van der Waals surface area (Å²) in [5, 5.41) is 18.3. The predicted molar refractivity (Wildman–Crippen MR) is 51.0 cm³/mol. The summed E-state index contributed by atoms with van der Waals surface area (Å²) >= 11 is 0. The first-order valence-corrected chi connectivity index (χ1v) is 4.63. The molecular weight excluding hydrogens is 152 g/mol. The summed E-state index contributed by atoms with van der Waals surface area (Å²) in [6, 6.07) is 0. The molecule has 0 fully saturated rings. The predicted octanol–water partition coefficient (Wildman–Crippen LogP) is 1.86. The van der Waals surface area contributed by atoms with Crippen molar-refractivity contribution in [2.45, 2.75) is 51.2 Å². The second-order valence-corrected chi connectivity index (χ2v) is 3.31. The zero-order chi connectivity index (χ0) is 9.40. The van der Waals surface area contributed by atoms with Crippen molar-refractivity contribution in [3.8, 4) is 0 Å². The first kappa shape index (κ1) is 11.7. The molecule has 0 spiro atoms. The first-order chi connectivity index (χ1) is 5.66. The van der Waals surface area contributed by atoms with Gasteiger partial charge in [0.25, 0.3) is 0 Å². The van der Waals surface area contributed by atoms with Crippen LogP contribution in [0.2, 0.25) is 0 Å². The average Bonchev–Trinajstić information content (AvgIpc) is 1.97. The standard InChI is InChI=1S/C10H20O2/c1-3-4-5-6-7-10(12)8-9(2)11/h3,9-12H,1,4-8H2,2H3. The van der Waals surface area contributed by atoms with E-state index in [4.69, 9.17) is 5.11 Å². The van der Waals surface area contributed by atoms with Gasteiger partial charge in [-0.05, 0) is 32.6 Å². The highest BCUT2D eigenvalue weighted by atomic mass is 16.3. The molecule has 0 amide bonds. The number of hydrogen-bond acceptors (Lipinski definition) is 2. The molecule has 0 aliphatic carbocycles. The van der Waals surface area contributed by atoms with Crippen molar-refractivity contribution < 1.29 is 10.2 Å². The molecule has 12 heavy (non-hydrogen) atoms. The van der Waals surface area contributed by atoms with E-state index in [2.05, 4.69) is 6.58 Å². The Morgan fingerprint density at radius 1 is 1.33 bits per heavy atom. The molecule has 0 aromatic heterocycles. The molecule has 0 radical (unpaired) electrons. The molecule has 0 aromatic carbocycles. The van der Waals surface area contributed by atoms with Crippen molar-refractivity contribution in [3.63, 3.8) is 0 Å². The van der Waals surface area contributed by atoms with Crippen LogP contribution in [0.25, 0.3) is 0 Å². The van der Waals surface area contributed by atoms with Gasteiger partial charge in [0, 0.05) is 0 Å². The van der Waals surface area contributed by atoms with E-state index in [0.717, 1.165) is 25.7 Å².